The van der Waals surface area contributed by atoms with E-state index in [9.17, 15) is 14.7 Å². The van der Waals surface area contributed by atoms with Crippen LogP contribution in [0, 0.1) is 0 Å². The maximum Gasteiger partial charge on any atom is 0.404 e. The third-order valence-electron chi connectivity index (χ3n) is 2.68. The van der Waals surface area contributed by atoms with Gasteiger partial charge in [-0.1, -0.05) is 30.3 Å². The van der Waals surface area contributed by atoms with Gasteiger partial charge in [-0.2, -0.15) is 0 Å². The summed E-state index contributed by atoms with van der Waals surface area (Å²) >= 11 is 0. The van der Waals surface area contributed by atoms with Crippen molar-refractivity contribution >= 4 is 17.9 Å². The molecule has 21 heavy (non-hydrogen) atoms. The molecule has 8 nitrogen and oxygen atoms in total. The third kappa shape index (κ3) is 5.11. The fourth-order valence-electron chi connectivity index (χ4n) is 1.54. The summed E-state index contributed by atoms with van der Waals surface area (Å²) in [6.45, 7) is 1.66. The van der Waals surface area contributed by atoms with Crippen LogP contribution in [-0.2, 0) is 4.84 Å². The van der Waals surface area contributed by atoms with Crippen LogP contribution in [0.4, 0.5) is 4.79 Å². The maximum atomic E-state index is 11.6. The van der Waals surface area contributed by atoms with E-state index in [1.807, 2.05) is 0 Å². The number of benzene rings is 1. The number of aliphatic hydroxyl groups is 1. The lowest BCUT2D eigenvalue weighted by Crippen LogP contribution is -2.48. The number of nitrogens with two attached hydrogens (primary N) is 1. The molecule has 5 N–H and O–H groups in total. The monoisotopic (exact) mass is 295 g/mol. The molecule has 0 saturated carbocycles. The Morgan fingerprint density at radius 1 is 1.38 bits per heavy atom. The van der Waals surface area contributed by atoms with Crippen LogP contribution in [0.15, 0.2) is 35.5 Å². The Bertz CT molecular complexity index is 518. The number of oxime groups is 1. The Hall–Kier alpha value is -2.61. The van der Waals surface area contributed by atoms with Crippen LogP contribution in [0.3, 0.4) is 0 Å². The third-order valence-corrected chi connectivity index (χ3v) is 2.68. The first kappa shape index (κ1) is 16.4. The highest BCUT2D eigenvalue weighted by atomic mass is 16.7. The number of carboxylic acid groups (broad SMARTS) is 1. The molecule has 2 atom stereocenters. The number of carbonyl (C=O) groups is 2. The van der Waals surface area contributed by atoms with E-state index in [0.29, 0.717) is 0 Å². The first-order chi connectivity index (χ1) is 9.95. The molecule has 0 aromatic heterocycles. The van der Waals surface area contributed by atoms with Gasteiger partial charge in [-0.05, 0) is 18.6 Å². The lowest BCUT2D eigenvalue weighted by Gasteiger charge is -2.20. The average molecular weight is 295 g/mol. The molecule has 1 rings (SSSR count). The minimum atomic E-state index is -1.39. The van der Waals surface area contributed by atoms with Gasteiger partial charge in [0.25, 0.3) is 0 Å². The zero-order chi connectivity index (χ0) is 15.8. The topological polar surface area (TPSA) is 134 Å². The van der Waals surface area contributed by atoms with E-state index in [0.717, 1.165) is 0 Å². The van der Waals surface area contributed by atoms with Gasteiger partial charge < -0.3 is 26.1 Å². The van der Waals surface area contributed by atoms with Crippen LogP contribution in [-0.4, -0.2) is 40.3 Å². The van der Waals surface area contributed by atoms with Crippen LogP contribution < -0.4 is 11.1 Å². The van der Waals surface area contributed by atoms with Gasteiger partial charge in [0.15, 0.2) is 5.84 Å². The van der Waals surface area contributed by atoms with Gasteiger partial charge in [0.2, 0.25) is 0 Å². The van der Waals surface area contributed by atoms with Crippen molar-refractivity contribution in [2.24, 2.45) is 10.9 Å². The molecular weight excluding hydrogens is 278 g/mol. The van der Waals surface area contributed by atoms with Crippen LogP contribution in [0.2, 0.25) is 0 Å². The van der Waals surface area contributed by atoms with Crippen molar-refractivity contribution in [2.45, 2.75) is 25.5 Å². The molecule has 114 valence electrons. The zero-order valence-electron chi connectivity index (χ0n) is 11.4. The summed E-state index contributed by atoms with van der Waals surface area (Å²) in [5.74, 6) is -1.12. The van der Waals surface area contributed by atoms with Crippen molar-refractivity contribution in [3.05, 3.63) is 35.9 Å². The van der Waals surface area contributed by atoms with E-state index < -0.39 is 24.2 Å². The average Bonchev–Trinajstić information content (AvgIpc) is 2.49. The van der Waals surface area contributed by atoms with Gasteiger partial charge in [0.1, 0.15) is 6.10 Å². The largest absolute Gasteiger partial charge is 0.465 e. The zero-order valence-corrected chi connectivity index (χ0v) is 11.4. The van der Waals surface area contributed by atoms with E-state index in [2.05, 4.69) is 15.3 Å². The van der Waals surface area contributed by atoms with Crippen LogP contribution >= 0.6 is 0 Å². The van der Waals surface area contributed by atoms with Crippen molar-refractivity contribution in [3.63, 3.8) is 0 Å². The van der Waals surface area contributed by atoms with Gasteiger partial charge in [-0.3, -0.25) is 0 Å². The number of rotatable bonds is 6. The second-order valence-corrected chi connectivity index (χ2v) is 4.17. The molecule has 1 aromatic rings. The number of carbonyl (C=O) groups excluding carboxylic acids is 1. The molecule has 0 aliphatic rings. The van der Waals surface area contributed by atoms with E-state index in [1.165, 1.54) is 12.1 Å². The van der Waals surface area contributed by atoms with Crippen molar-refractivity contribution in [1.29, 1.82) is 0 Å². The number of amides is 1. The molecule has 0 fully saturated rings. The molecule has 0 bridgehead atoms. The molecule has 1 amide bonds. The van der Waals surface area contributed by atoms with Crippen molar-refractivity contribution < 1.29 is 24.6 Å². The standard InChI is InChI=1S/C13H17N3O5/c1-2-9(15-13(19)20)10(17)11(14)16-21-12(18)8-6-4-3-5-7-8/h3-7,9-10,15,17H,2H2,1H3,(H2,14,16)(H,19,20). The van der Waals surface area contributed by atoms with Gasteiger partial charge in [0, 0.05) is 0 Å². The smallest absolute Gasteiger partial charge is 0.404 e. The van der Waals surface area contributed by atoms with Gasteiger partial charge >= 0.3 is 12.1 Å². The first-order valence-electron chi connectivity index (χ1n) is 6.23. The molecule has 2 unspecified atom stereocenters. The van der Waals surface area contributed by atoms with E-state index in [-0.39, 0.29) is 17.8 Å². The number of hydrogen-bond acceptors (Lipinski definition) is 5. The molecule has 8 heteroatoms. The van der Waals surface area contributed by atoms with Gasteiger partial charge in [-0.15, -0.1) is 0 Å². The van der Waals surface area contributed by atoms with E-state index in [4.69, 9.17) is 10.8 Å². The summed E-state index contributed by atoms with van der Waals surface area (Å²) in [7, 11) is 0. The fraction of sp³-hybridized carbons (Fsp3) is 0.308. The van der Waals surface area contributed by atoms with Crippen LogP contribution in [0.1, 0.15) is 23.7 Å². The summed E-state index contributed by atoms with van der Waals surface area (Å²) in [4.78, 5) is 26.8. The Labute approximate surface area is 121 Å². The predicted octanol–water partition coefficient (Wildman–Crippen LogP) is 0.523. The Morgan fingerprint density at radius 2 is 2.00 bits per heavy atom. The molecule has 0 saturated heterocycles. The lowest BCUT2D eigenvalue weighted by molar-refractivity contribution is 0.0506. The maximum absolute atomic E-state index is 11.6. The number of nitrogens with one attached hydrogen (secondary N) is 1. The van der Waals surface area contributed by atoms with Crippen molar-refractivity contribution in [3.8, 4) is 0 Å². The summed E-state index contributed by atoms with van der Waals surface area (Å²) in [5.41, 5.74) is 5.76. The van der Waals surface area contributed by atoms with E-state index >= 15 is 0 Å². The molecule has 0 aliphatic heterocycles. The predicted molar refractivity (Wildman–Crippen MR) is 74.7 cm³/mol. The lowest BCUT2D eigenvalue weighted by atomic mass is 10.1. The van der Waals surface area contributed by atoms with Crippen molar-refractivity contribution in [2.75, 3.05) is 0 Å². The number of nitrogens with zero attached hydrogens (tertiary/aromatic N) is 1. The second-order valence-electron chi connectivity index (χ2n) is 4.17. The minimum Gasteiger partial charge on any atom is -0.465 e. The number of amidine groups is 1. The fourth-order valence-corrected chi connectivity index (χ4v) is 1.54. The molecule has 0 heterocycles. The van der Waals surface area contributed by atoms with Crippen LogP contribution in [0.25, 0.3) is 0 Å². The summed E-state index contributed by atoms with van der Waals surface area (Å²) in [5, 5.41) is 23.9. The molecule has 1 aromatic carbocycles. The summed E-state index contributed by atoms with van der Waals surface area (Å²) < 4.78 is 0. The van der Waals surface area contributed by atoms with Crippen molar-refractivity contribution in [1.82, 2.24) is 5.32 Å². The van der Waals surface area contributed by atoms with Crippen LogP contribution in [0.5, 0.6) is 0 Å². The first-order valence-corrected chi connectivity index (χ1v) is 6.23. The van der Waals surface area contributed by atoms with Gasteiger partial charge in [0.05, 0.1) is 11.6 Å². The second kappa shape index (κ2) is 7.85. The Kier molecular flexibility index (Phi) is 6.15. The summed E-state index contributed by atoms with van der Waals surface area (Å²) in [6.07, 6.45) is -2.40. The Morgan fingerprint density at radius 3 is 2.52 bits per heavy atom. The molecule has 0 aliphatic carbocycles. The minimum absolute atomic E-state index is 0.277. The number of aliphatic hydroxyl groups excluding tert-OH is 1. The highest BCUT2D eigenvalue weighted by Gasteiger charge is 2.23. The van der Waals surface area contributed by atoms with E-state index in [1.54, 1.807) is 25.1 Å². The highest BCUT2D eigenvalue weighted by molar-refractivity contribution is 5.91. The molecular formula is C13H17N3O5. The normalized spacial score (nSPS) is 14.1. The quantitative estimate of drug-likeness (QED) is 0.261. The Balaban J connectivity index is 2.66. The molecule has 0 spiro atoms. The molecule has 0 radical (unpaired) electrons. The highest BCUT2D eigenvalue weighted by Crippen LogP contribution is 2.03. The summed E-state index contributed by atoms with van der Waals surface area (Å²) in [6, 6.07) is 7.27. The number of hydrogen-bond donors (Lipinski definition) is 4. The van der Waals surface area contributed by atoms with Gasteiger partial charge in [-0.25, -0.2) is 9.59 Å². The SMILES string of the molecule is CCC(NC(=O)O)C(O)/C(N)=N\OC(=O)c1ccccc1.